The van der Waals surface area contributed by atoms with E-state index in [1.165, 1.54) is 17.5 Å². The van der Waals surface area contributed by atoms with Crippen molar-refractivity contribution in [2.24, 2.45) is 5.73 Å². The number of aryl methyl sites for hydroxylation is 1. The molecule has 2 aliphatic carbocycles. The average molecular weight is 324 g/mol. The van der Waals surface area contributed by atoms with Crippen molar-refractivity contribution in [3.8, 4) is 0 Å². The van der Waals surface area contributed by atoms with Gasteiger partial charge in [-0.15, -0.1) is 0 Å². The third kappa shape index (κ3) is 1.98. The summed E-state index contributed by atoms with van der Waals surface area (Å²) in [5.41, 5.74) is 7.99. The predicted molar refractivity (Wildman–Crippen MR) is 81.2 cm³/mol. The highest BCUT2D eigenvalue weighted by Crippen LogP contribution is 2.54. The van der Waals surface area contributed by atoms with Gasteiger partial charge in [0, 0.05) is 9.89 Å². The lowest BCUT2D eigenvalue weighted by Gasteiger charge is -2.54. The molecule has 0 bridgehead atoms. The van der Waals surface area contributed by atoms with Gasteiger partial charge in [0.1, 0.15) is 0 Å². The van der Waals surface area contributed by atoms with Crippen LogP contribution in [0.3, 0.4) is 0 Å². The Balaban J connectivity index is 2.17. The third-order valence-electron chi connectivity index (χ3n) is 5.30. The number of aliphatic hydroxyl groups is 1. The molecule has 2 nitrogen and oxygen atoms in total. The van der Waals surface area contributed by atoms with E-state index in [1.54, 1.807) is 0 Å². The van der Waals surface area contributed by atoms with Crippen LogP contribution < -0.4 is 5.73 Å². The van der Waals surface area contributed by atoms with Gasteiger partial charge in [-0.05, 0) is 61.9 Å². The van der Waals surface area contributed by atoms with Gasteiger partial charge in [0.15, 0.2) is 0 Å². The zero-order valence-electron chi connectivity index (χ0n) is 11.3. The molecule has 2 atom stereocenters. The number of hydrogen-bond acceptors (Lipinski definition) is 2. The summed E-state index contributed by atoms with van der Waals surface area (Å²) < 4.78 is 1.11. The smallest absolute Gasteiger partial charge is 0.0747 e. The Morgan fingerprint density at radius 1 is 1.21 bits per heavy atom. The predicted octanol–water partition coefficient (Wildman–Crippen LogP) is 3.29. The maximum absolute atomic E-state index is 11.2. The van der Waals surface area contributed by atoms with E-state index in [0.717, 1.165) is 43.0 Å². The molecule has 0 aromatic heterocycles. The number of fused-ring (bicyclic) bond motifs is 3. The van der Waals surface area contributed by atoms with Crippen molar-refractivity contribution in [1.29, 1.82) is 0 Å². The second kappa shape index (κ2) is 4.87. The molecule has 2 aliphatic rings. The van der Waals surface area contributed by atoms with Crippen molar-refractivity contribution in [3.05, 3.63) is 33.8 Å². The van der Waals surface area contributed by atoms with Crippen LogP contribution in [0.15, 0.2) is 22.7 Å². The largest absolute Gasteiger partial charge is 0.389 e. The van der Waals surface area contributed by atoms with Crippen LogP contribution in [0.4, 0.5) is 0 Å². The summed E-state index contributed by atoms with van der Waals surface area (Å²) in [4.78, 5) is 0. The summed E-state index contributed by atoms with van der Waals surface area (Å²) in [6.07, 6.45) is 7.13. The zero-order chi connectivity index (χ0) is 13.5. The molecule has 3 rings (SSSR count). The summed E-state index contributed by atoms with van der Waals surface area (Å²) in [5, 5.41) is 11.2. The van der Waals surface area contributed by atoms with Crippen LogP contribution in [0.5, 0.6) is 0 Å². The van der Waals surface area contributed by atoms with E-state index < -0.39 is 5.60 Å². The molecule has 1 aromatic carbocycles. The quantitative estimate of drug-likeness (QED) is 0.877. The molecule has 19 heavy (non-hydrogen) atoms. The summed E-state index contributed by atoms with van der Waals surface area (Å²) in [6, 6.07) is 6.55. The molecule has 0 unspecified atom stereocenters. The van der Waals surface area contributed by atoms with Gasteiger partial charge >= 0.3 is 0 Å². The first-order chi connectivity index (χ1) is 9.11. The van der Waals surface area contributed by atoms with Crippen LogP contribution >= 0.6 is 15.9 Å². The Kier molecular flexibility index (Phi) is 3.48. The molecule has 0 heterocycles. The first-order valence-corrected chi connectivity index (χ1v) is 8.12. The Bertz CT molecular complexity index is 486. The second-order valence-electron chi connectivity index (χ2n) is 6.16. The molecule has 0 spiro atoms. The molecular formula is C16H22BrNO. The first kappa shape index (κ1) is 13.6. The fraction of sp³-hybridized carbons (Fsp3) is 0.625. The van der Waals surface area contributed by atoms with Crippen molar-refractivity contribution in [3.63, 3.8) is 0 Å². The molecule has 0 radical (unpaired) electrons. The van der Waals surface area contributed by atoms with Gasteiger partial charge in [-0.25, -0.2) is 0 Å². The van der Waals surface area contributed by atoms with Crippen LogP contribution in [0.1, 0.15) is 49.7 Å². The average Bonchev–Trinajstić information content (AvgIpc) is 2.40. The van der Waals surface area contributed by atoms with E-state index in [4.69, 9.17) is 5.73 Å². The van der Waals surface area contributed by atoms with Crippen molar-refractivity contribution >= 4 is 15.9 Å². The molecule has 1 saturated carbocycles. The molecule has 3 N–H and O–H groups in total. The number of rotatable bonds is 2. The highest BCUT2D eigenvalue weighted by Gasteiger charge is 2.54. The first-order valence-electron chi connectivity index (χ1n) is 7.33. The van der Waals surface area contributed by atoms with Gasteiger partial charge in [-0.3, -0.25) is 0 Å². The Morgan fingerprint density at radius 3 is 2.79 bits per heavy atom. The monoisotopic (exact) mass is 323 g/mol. The summed E-state index contributed by atoms with van der Waals surface area (Å²) in [6.45, 7) is 0.647. The van der Waals surface area contributed by atoms with Crippen LogP contribution in [0.25, 0.3) is 0 Å². The van der Waals surface area contributed by atoms with Crippen LogP contribution in [-0.4, -0.2) is 17.3 Å². The van der Waals surface area contributed by atoms with Crippen molar-refractivity contribution in [2.75, 3.05) is 6.54 Å². The van der Waals surface area contributed by atoms with Gasteiger partial charge in [-0.1, -0.05) is 34.8 Å². The maximum atomic E-state index is 11.2. The van der Waals surface area contributed by atoms with Gasteiger partial charge < -0.3 is 10.8 Å². The van der Waals surface area contributed by atoms with E-state index in [2.05, 4.69) is 34.1 Å². The molecular weight excluding hydrogens is 302 g/mol. The Hall–Kier alpha value is -0.380. The number of hydrogen-bond donors (Lipinski definition) is 2. The molecule has 1 aromatic rings. The van der Waals surface area contributed by atoms with E-state index >= 15 is 0 Å². The van der Waals surface area contributed by atoms with Crippen LogP contribution in [0, 0.1) is 0 Å². The van der Waals surface area contributed by atoms with Crippen molar-refractivity contribution in [2.45, 2.75) is 56.0 Å². The minimum atomic E-state index is -0.543. The number of benzene rings is 1. The van der Waals surface area contributed by atoms with Gasteiger partial charge in [0.05, 0.1) is 5.60 Å². The highest BCUT2D eigenvalue weighted by molar-refractivity contribution is 9.10. The van der Waals surface area contributed by atoms with Crippen LogP contribution in [0.2, 0.25) is 0 Å². The normalized spacial score (nSPS) is 33.6. The molecule has 1 fully saturated rings. The standard InChI is InChI=1S/C16H22BrNO/c17-13-4-3-12-5-8-16(19)7-2-1-6-15(16,9-10-18)14(12)11-13/h3-4,11,19H,1-2,5-10,18H2/t15-,16+/m0/s1. The molecule has 0 amide bonds. The summed E-state index contributed by atoms with van der Waals surface area (Å²) >= 11 is 3.59. The van der Waals surface area contributed by atoms with E-state index in [9.17, 15) is 5.11 Å². The minimum Gasteiger partial charge on any atom is -0.389 e. The topological polar surface area (TPSA) is 46.2 Å². The Labute approximate surface area is 123 Å². The highest BCUT2D eigenvalue weighted by atomic mass is 79.9. The van der Waals surface area contributed by atoms with Gasteiger partial charge in [0.25, 0.3) is 0 Å². The van der Waals surface area contributed by atoms with Gasteiger partial charge in [-0.2, -0.15) is 0 Å². The molecule has 104 valence electrons. The third-order valence-corrected chi connectivity index (χ3v) is 5.79. The molecule has 0 saturated heterocycles. The lowest BCUT2D eigenvalue weighted by molar-refractivity contribution is -0.0862. The fourth-order valence-corrected chi connectivity index (χ4v) is 4.72. The second-order valence-corrected chi connectivity index (χ2v) is 7.08. The number of nitrogens with two attached hydrogens (primary N) is 1. The van der Waals surface area contributed by atoms with Crippen molar-refractivity contribution in [1.82, 2.24) is 0 Å². The minimum absolute atomic E-state index is 0.114. The molecule has 3 heteroatoms. The van der Waals surface area contributed by atoms with Crippen LogP contribution in [-0.2, 0) is 11.8 Å². The lowest BCUT2D eigenvalue weighted by Crippen LogP contribution is -2.57. The van der Waals surface area contributed by atoms with E-state index in [-0.39, 0.29) is 5.41 Å². The summed E-state index contributed by atoms with van der Waals surface area (Å²) in [5.74, 6) is 0. The SMILES string of the molecule is NCC[C@]12CCCC[C@@]1(O)CCc1ccc(Br)cc12. The molecule has 0 aliphatic heterocycles. The van der Waals surface area contributed by atoms with Crippen molar-refractivity contribution < 1.29 is 5.11 Å². The number of halogens is 1. The Morgan fingerprint density at radius 2 is 2.00 bits per heavy atom. The summed E-state index contributed by atoms with van der Waals surface area (Å²) in [7, 11) is 0. The zero-order valence-corrected chi connectivity index (χ0v) is 12.9. The maximum Gasteiger partial charge on any atom is 0.0747 e. The van der Waals surface area contributed by atoms with E-state index in [1.807, 2.05) is 0 Å². The van der Waals surface area contributed by atoms with E-state index in [0.29, 0.717) is 6.54 Å². The lowest BCUT2D eigenvalue weighted by atomic mass is 9.53. The van der Waals surface area contributed by atoms with Gasteiger partial charge in [0.2, 0.25) is 0 Å². The fourth-order valence-electron chi connectivity index (χ4n) is 4.36.